The minimum Gasteiger partial charge on any atom is -0.507 e. The van der Waals surface area contributed by atoms with Gasteiger partial charge in [-0.05, 0) is 30.4 Å². The molecule has 0 spiro atoms. The predicted molar refractivity (Wildman–Crippen MR) is 61.7 cm³/mol. The number of hydrogen-bond acceptors (Lipinski definition) is 2. The number of hydrogen-bond donors (Lipinski definition) is 1. The Balaban J connectivity index is 3.55. The van der Waals surface area contributed by atoms with Gasteiger partial charge < -0.3 is 5.11 Å². The van der Waals surface area contributed by atoms with Crippen molar-refractivity contribution in [3.63, 3.8) is 0 Å². The molecule has 0 heterocycles. The largest absolute Gasteiger partial charge is 0.507 e. The molecule has 0 fully saturated rings. The Kier molecular flexibility index (Phi) is 2.89. The zero-order chi connectivity index (χ0) is 11.8. The van der Waals surface area contributed by atoms with Crippen LogP contribution in [0, 0.1) is 13.8 Å². The molecule has 82 valence electrons. The van der Waals surface area contributed by atoms with Gasteiger partial charge in [-0.25, -0.2) is 0 Å². The number of phenols is 1. The van der Waals surface area contributed by atoms with Crippen molar-refractivity contribution in [2.45, 2.75) is 40.0 Å². The lowest BCUT2D eigenvalue weighted by Crippen LogP contribution is -2.13. The number of benzene rings is 1. The Morgan fingerprint density at radius 2 is 1.80 bits per heavy atom. The van der Waals surface area contributed by atoms with E-state index in [4.69, 9.17) is 0 Å². The molecule has 2 nitrogen and oxygen atoms in total. The Bertz CT molecular complexity index is 398. The molecule has 0 saturated carbocycles. The van der Waals surface area contributed by atoms with Crippen LogP contribution in [0.25, 0.3) is 0 Å². The van der Waals surface area contributed by atoms with Gasteiger partial charge in [0, 0.05) is 11.1 Å². The summed E-state index contributed by atoms with van der Waals surface area (Å²) in [6, 6.07) is 1.89. The van der Waals surface area contributed by atoms with Gasteiger partial charge in [0.15, 0.2) is 6.29 Å². The monoisotopic (exact) mass is 206 g/mol. The summed E-state index contributed by atoms with van der Waals surface area (Å²) in [5, 5.41) is 10.0. The third-order valence-corrected chi connectivity index (χ3v) is 2.73. The summed E-state index contributed by atoms with van der Waals surface area (Å²) in [6.07, 6.45) is 0.802. The lowest BCUT2D eigenvalue weighted by Gasteiger charge is -2.23. The van der Waals surface area contributed by atoms with Crippen molar-refractivity contribution in [2.24, 2.45) is 0 Å². The second-order valence-electron chi connectivity index (χ2n) is 5.00. The van der Waals surface area contributed by atoms with Crippen LogP contribution in [0.15, 0.2) is 6.07 Å². The van der Waals surface area contributed by atoms with Crippen LogP contribution in [0.2, 0.25) is 0 Å². The van der Waals surface area contributed by atoms with Gasteiger partial charge in [-0.15, -0.1) is 0 Å². The van der Waals surface area contributed by atoms with Gasteiger partial charge in [-0.1, -0.05) is 26.8 Å². The summed E-state index contributed by atoms with van der Waals surface area (Å²) in [7, 11) is 0. The van der Waals surface area contributed by atoms with Crippen LogP contribution in [-0.2, 0) is 5.41 Å². The summed E-state index contributed by atoms with van der Waals surface area (Å²) in [5.74, 6) is 0.246. The van der Waals surface area contributed by atoms with E-state index in [0.29, 0.717) is 11.1 Å². The van der Waals surface area contributed by atoms with Crippen LogP contribution >= 0.6 is 0 Å². The molecule has 0 aliphatic rings. The van der Waals surface area contributed by atoms with Crippen LogP contribution in [0.4, 0.5) is 0 Å². The van der Waals surface area contributed by atoms with E-state index in [-0.39, 0.29) is 11.2 Å². The Morgan fingerprint density at radius 3 is 2.20 bits per heavy atom. The molecule has 2 heteroatoms. The maximum absolute atomic E-state index is 10.9. The average molecular weight is 206 g/mol. The first-order valence-corrected chi connectivity index (χ1v) is 5.08. The van der Waals surface area contributed by atoms with Crippen molar-refractivity contribution in [3.8, 4) is 5.75 Å². The second kappa shape index (κ2) is 3.69. The van der Waals surface area contributed by atoms with Gasteiger partial charge in [0.05, 0.1) is 0 Å². The second-order valence-corrected chi connectivity index (χ2v) is 5.00. The van der Waals surface area contributed by atoms with Crippen LogP contribution in [-0.4, -0.2) is 11.4 Å². The summed E-state index contributed by atoms with van der Waals surface area (Å²) in [6.45, 7) is 9.80. The molecule has 0 bridgehead atoms. The quantitative estimate of drug-likeness (QED) is 0.717. The normalized spacial score (nSPS) is 11.5. The predicted octanol–water partition coefficient (Wildman–Crippen LogP) is 3.12. The van der Waals surface area contributed by atoms with Gasteiger partial charge in [-0.2, -0.15) is 0 Å². The van der Waals surface area contributed by atoms with Crippen molar-refractivity contribution in [2.75, 3.05) is 0 Å². The zero-order valence-electron chi connectivity index (χ0n) is 10.0. The summed E-state index contributed by atoms with van der Waals surface area (Å²) in [4.78, 5) is 10.9. The minimum atomic E-state index is -0.110. The molecule has 0 aromatic heterocycles. The lowest BCUT2D eigenvalue weighted by molar-refractivity contribution is 0.112. The van der Waals surface area contributed by atoms with Gasteiger partial charge in [-0.3, -0.25) is 4.79 Å². The average Bonchev–Trinajstić information content (AvgIpc) is 2.10. The molecule has 0 aliphatic carbocycles. The third kappa shape index (κ3) is 2.04. The number of phenolic OH excluding ortho intramolecular Hbond substituents is 1. The van der Waals surface area contributed by atoms with Gasteiger partial charge >= 0.3 is 0 Å². The number of carbonyl (C=O) groups is 1. The zero-order valence-corrected chi connectivity index (χ0v) is 10.0. The number of carbonyl (C=O) groups excluding carboxylic acids is 1. The first kappa shape index (κ1) is 11.8. The fraction of sp³-hybridized carbons (Fsp3) is 0.462. The highest BCUT2D eigenvalue weighted by Gasteiger charge is 2.21. The smallest absolute Gasteiger partial charge is 0.150 e. The van der Waals surface area contributed by atoms with E-state index in [0.717, 1.165) is 17.4 Å². The fourth-order valence-electron chi connectivity index (χ4n) is 1.74. The molecule has 1 rings (SSSR count). The Morgan fingerprint density at radius 1 is 1.27 bits per heavy atom. The Hall–Kier alpha value is -1.31. The highest BCUT2D eigenvalue weighted by molar-refractivity contribution is 5.81. The molecule has 0 unspecified atom stereocenters. The highest BCUT2D eigenvalue weighted by Crippen LogP contribution is 2.35. The van der Waals surface area contributed by atoms with E-state index in [2.05, 4.69) is 0 Å². The number of rotatable bonds is 1. The van der Waals surface area contributed by atoms with E-state index in [1.807, 2.05) is 33.8 Å². The highest BCUT2D eigenvalue weighted by atomic mass is 16.3. The molecule has 1 aromatic rings. The van der Waals surface area contributed by atoms with Crippen LogP contribution in [0.3, 0.4) is 0 Å². The van der Waals surface area contributed by atoms with E-state index < -0.39 is 0 Å². The minimum absolute atomic E-state index is 0.110. The summed E-state index contributed by atoms with van der Waals surface area (Å²) < 4.78 is 0. The lowest BCUT2D eigenvalue weighted by atomic mass is 9.83. The van der Waals surface area contributed by atoms with Crippen LogP contribution in [0.1, 0.15) is 47.8 Å². The fourth-order valence-corrected chi connectivity index (χ4v) is 1.74. The Labute approximate surface area is 90.9 Å². The molecule has 0 radical (unpaired) electrons. The maximum Gasteiger partial charge on any atom is 0.150 e. The molecular formula is C13H18O2. The first-order valence-electron chi connectivity index (χ1n) is 5.08. The van der Waals surface area contributed by atoms with Crippen molar-refractivity contribution >= 4 is 6.29 Å². The number of aldehydes is 1. The topological polar surface area (TPSA) is 37.3 Å². The van der Waals surface area contributed by atoms with E-state index in [1.54, 1.807) is 6.92 Å². The molecule has 0 saturated heterocycles. The summed E-state index contributed by atoms with van der Waals surface area (Å²) >= 11 is 0. The standard InChI is InChI=1S/C13H18O2/c1-8-6-11(13(3,4)5)12(15)9(2)10(8)7-14/h6-7,15H,1-5H3. The molecule has 0 atom stereocenters. The molecule has 1 N–H and O–H groups in total. The van der Waals surface area contributed by atoms with Gasteiger partial charge in [0.1, 0.15) is 5.75 Å². The van der Waals surface area contributed by atoms with Gasteiger partial charge in [0.25, 0.3) is 0 Å². The van der Waals surface area contributed by atoms with Crippen LogP contribution < -0.4 is 0 Å². The van der Waals surface area contributed by atoms with E-state index in [9.17, 15) is 9.90 Å². The molecule has 1 aromatic carbocycles. The molecular weight excluding hydrogens is 188 g/mol. The van der Waals surface area contributed by atoms with Crippen molar-refractivity contribution < 1.29 is 9.90 Å². The SMILES string of the molecule is Cc1cc(C(C)(C)C)c(O)c(C)c1C=O. The van der Waals surface area contributed by atoms with E-state index >= 15 is 0 Å². The van der Waals surface area contributed by atoms with Crippen molar-refractivity contribution in [1.82, 2.24) is 0 Å². The van der Waals surface area contributed by atoms with E-state index in [1.165, 1.54) is 0 Å². The maximum atomic E-state index is 10.9. The first-order chi connectivity index (χ1) is 6.79. The third-order valence-electron chi connectivity index (χ3n) is 2.73. The number of aromatic hydroxyl groups is 1. The van der Waals surface area contributed by atoms with Crippen molar-refractivity contribution in [1.29, 1.82) is 0 Å². The van der Waals surface area contributed by atoms with Crippen LogP contribution in [0.5, 0.6) is 5.75 Å². The molecule has 0 amide bonds. The summed E-state index contributed by atoms with van der Waals surface area (Å²) in [5.41, 5.74) is 2.98. The molecule has 15 heavy (non-hydrogen) atoms. The van der Waals surface area contributed by atoms with Gasteiger partial charge in [0.2, 0.25) is 0 Å². The number of aryl methyl sites for hydroxylation is 1. The molecule has 0 aliphatic heterocycles. The van der Waals surface area contributed by atoms with Crippen molar-refractivity contribution in [3.05, 3.63) is 28.3 Å².